The maximum Gasteiger partial charge on any atom is 0.287 e. The molecule has 0 fully saturated rings. The maximum atomic E-state index is 11.9. The summed E-state index contributed by atoms with van der Waals surface area (Å²) in [5, 5.41) is 5.32. The summed E-state index contributed by atoms with van der Waals surface area (Å²) in [5.41, 5.74) is 1.83. The van der Waals surface area contributed by atoms with Crippen molar-refractivity contribution in [2.24, 2.45) is 0 Å². The summed E-state index contributed by atoms with van der Waals surface area (Å²) in [6, 6.07) is 10.8. The summed E-state index contributed by atoms with van der Waals surface area (Å²) in [6.07, 6.45) is 1.41. The SMILES string of the molecule is CC(C)c1ccccc1NC(=O)CNC(=O)c1ccco1. The van der Waals surface area contributed by atoms with Crippen molar-refractivity contribution >= 4 is 17.5 Å². The first kappa shape index (κ1) is 14.8. The minimum absolute atomic E-state index is 0.105. The Hall–Kier alpha value is -2.56. The number of hydrogen-bond acceptors (Lipinski definition) is 3. The average molecular weight is 286 g/mol. The molecule has 0 aliphatic heterocycles. The van der Waals surface area contributed by atoms with Gasteiger partial charge in [-0.1, -0.05) is 32.0 Å². The van der Waals surface area contributed by atoms with E-state index in [1.165, 1.54) is 6.26 Å². The van der Waals surface area contributed by atoms with Crippen molar-refractivity contribution in [3.63, 3.8) is 0 Å². The molecule has 1 heterocycles. The molecule has 21 heavy (non-hydrogen) atoms. The number of carbonyl (C=O) groups is 2. The lowest BCUT2D eigenvalue weighted by Gasteiger charge is -2.13. The minimum atomic E-state index is -0.410. The van der Waals surface area contributed by atoms with E-state index in [9.17, 15) is 9.59 Å². The van der Waals surface area contributed by atoms with E-state index < -0.39 is 5.91 Å². The van der Waals surface area contributed by atoms with Crippen molar-refractivity contribution in [1.29, 1.82) is 0 Å². The van der Waals surface area contributed by atoms with E-state index in [-0.39, 0.29) is 18.2 Å². The summed E-state index contributed by atoms with van der Waals surface area (Å²) in [7, 11) is 0. The molecule has 110 valence electrons. The Morgan fingerprint density at radius 1 is 1.14 bits per heavy atom. The summed E-state index contributed by atoms with van der Waals surface area (Å²) in [6.45, 7) is 4.01. The number of hydrogen-bond donors (Lipinski definition) is 2. The van der Waals surface area contributed by atoms with E-state index in [0.717, 1.165) is 11.3 Å². The highest BCUT2D eigenvalue weighted by atomic mass is 16.3. The second-order valence-corrected chi connectivity index (χ2v) is 4.95. The van der Waals surface area contributed by atoms with Gasteiger partial charge in [0, 0.05) is 5.69 Å². The zero-order chi connectivity index (χ0) is 15.2. The molecule has 0 saturated heterocycles. The van der Waals surface area contributed by atoms with Gasteiger partial charge in [-0.3, -0.25) is 9.59 Å². The summed E-state index contributed by atoms with van der Waals surface area (Å²) in [5.74, 6) is -0.195. The number of furan rings is 1. The molecule has 2 amide bonds. The number of para-hydroxylation sites is 1. The largest absolute Gasteiger partial charge is 0.459 e. The second kappa shape index (κ2) is 6.74. The van der Waals surface area contributed by atoms with Gasteiger partial charge in [0.2, 0.25) is 5.91 Å². The van der Waals surface area contributed by atoms with Crippen molar-refractivity contribution < 1.29 is 14.0 Å². The Bertz CT molecular complexity index is 618. The van der Waals surface area contributed by atoms with E-state index in [1.54, 1.807) is 12.1 Å². The van der Waals surface area contributed by atoms with Crippen LogP contribution in [-0.2, 0) is 4.79 Å². The molecular weight excluding hydrogens is 268 g/mol. The molecule has 0 aliphatic rings. The van der Waals surface area contributed by atoms with Gasteiger partial charge in [0.1, 0.15) is 0 Å². The lowest BCUT2D eigenvalue weighted by molar-refractivity contribution is -0.115. The highest BCUT2D eigenvalue weighted by Crippen LogP contribution is 2.23. The lowest BCUT2D eigenvalue weighted by Crippen LogP contribution is -2.32. The number of rotatable bonds is 5. The van der Waals surface area contributed by atoms with Gasteiger partial charge in [0.15, 0.2) is 5.76 Å². The Labute approximate surface area is 123 Å². The van der Waals surface area contributed by atoms with E-state index in [0.29, 0.717) is 5.92 Å². The van der Waals surface area contributed by atoms with Crippen LogP contribution in [0.4, 0.5) is 5.69 Å². The van der Waals surface area contributed by atoms with Crippen LogP contribution >= 0.6 is 0 Å². The molecule has 0 unspecified atom stereocenters. The fraction of sp³-hybridized carbons (Fsp3) is 0.250. The van der Waals surface area contributed by atoms with Crippen molar-refractivity contribution in [1.82, 2.24) is 5.32 Å². The van der Waals surface area contributed by atoms with Crippen LogP contribution in [-0.4, -0.2) is 18.4 Å². The van der Waals surface area contributed by atoms with Crippen LogP contribution in [0.2, 0.25) is 0 Å². The van der Waals surface area contributed by atoms with Crippen LogP contribution in [0.25, 0.3) is 0 Å². The molecule has 0 atom stereocenters. The quantitative estimate of drug-likeness (QED) is 0.887. The molecule has 0 aliphatic carbocycles. The Kier molecular flexibility index (Phi) is 4.77. The topological polar surface area (TPSA) is 71.3 Å². The zero-order valence-electron chi connectivity index (χ0n) is 12.1. The van der Waals surface area contributed by atoms with E-state index in [4.69, 9.17) is 4.42 Å². The summed E-state index contributed by atoms with van der Waals surface area (Å²) >= 11 is 0. The summed E-state index contributed by atoms with van der Waals surface area (Å²) in [4.78, 5) is 23.6. The molecule has 1 aromatic heterocycles. The van der Waals surface area contributed by atoms with Crippen LogP contribution in [0.1, 0.15) is 35.9 Å². The van der Waals surface area contributed by atoms with Crippen molar-refractivity contribution in [2.75, 3.05) is 11.9 Å². The van der Waals surface area contributed by atoms with Crippen molar-refractivity contribution in [3.05, 3.63) is 54.0 Å². The number of anilines is 1. The zero-order valence-corrected chi connectivity index (χ0v) is 12.1. The maximum absolute atomic E-state index is 11.9. The van der Waals surface area contributed by atoms with E-state index >= 15 is 0 Å². The van der Waals surface area contributed by atoms with Gasteiger partial charge in [0.05, 0.1) is 12.8 Å². The Morgan fingerprint density at radius 2 is 1.90 bits per heavy atom. The average Bonchev–Trinajstić information content (AvgIpc) is 2.99. The monoisotopic (exact) mass is 286 g/mol. The normalized spacial score (nSPS) is 10.4. The van der Waals surface area contributed by atoms with Gasteiger partial charge < -0.3 is 15.1 Å². The minimum Gasteiger partial charge on any atom is -0.459 e. The van der Waals surface area contributed by atoms with E-state index in [2.05, 4.69) is 24.5 Å². The standard InChI is InChI=1S/C16H18N2O3/c1-11(2)12-6-3-4-7-13(12)18-15(19)10-17-16(20)14-8-5-9-21-14/h3-9,11H,10H2,1-2H3,(H,17,20)(H,18,19). The van der Waals surface area contributed by atoms with Crippen LogP contribution in [0, 0.1) is 0 Å². The lowest BCUT2D eigenvalue weighted by atomic mass is 10.0. The summed E-state index contributed by atoms with van der Waals surface area (Å²) < 4.78 is 4.95. The fourth-order valence-electron chi connectivity index (χ4n) is 1.96. The van der Waals surface area contributed by atoms with Crippen LogP contribution < -0.4 is 10.6 Å². The van der Waals surface area contributed by atoms with Crippen LogP contribution in [0.3, 0.4) is 0 Å². The van der Waals surface area contributed by atoms with Gasteiger partial charge in [-0.15, -0.1) is 0 Å². The molecular formula is C16H18N2O3. The third kappa shape index (κ3) is 3.95. The molecule has 1 aromatic carbocycles. The van der Waals surface area contributed by atoms with Gasteiger partial charge in [-0.05, 0) is 29.7 Å². The van der Waals surface area contributed by atoms with Gasteiger partial charge in [-0.25, -0.2) is 0 Å². The van der Waals surface area contributed by atoms with Gasteiger partial charge in [-0.2, -0.15) is 0 Å². The molecule has 0 saturated carbocycles. The first-order valence-corrected chi connectivity index (χ1v) is 6.78. The molecule has 2 N–H and O–H groups in total. The number of amides is 2. The second-order valence-electron chi connectivity index (χ2n) is 4.95. The van der Waals surface area contributed by atoms with Crippen molar-refractivity contribution in [2.45, 2.75) is 19.8 Å². The van der Waals surface area contributed by atoms with Gasteiger partial charge in [0.25, 0.3) is 5.91 Å². The molecule has 0 spiro atoms. The number of nitrogens with one attached hydrogen (secondary N) is 2. The highest BCUT2D eigenvalue weighted by molar-refractivity contribution is 5.98. The highest BCUT2D eigenvalue weighted by Gasteiger charge is 2.12. The first-order valence-electron chi connectivity index (χ1n) is 6.78. The molecule has 5 heteroatoms. The predicted octanol–water partition coefficient (Wildman–Crippen LogP) is 2.77. The smallest absolute Gasteiger partial charge is 0.287 e. The molecule has 5 nitrogen and oxygen atoms in total. The molecule has 0 radical (unpaired) electrons. The number of benzene rings is 1. The predicted molar refractivity (Wildman–Crippen MR) is 80.2 cm³/mol. The third-order valence-electron chi connectivity index (χ3n) is 3.01. The Morgan fingerprint density at radius 3 is 2.57 bits per heavy atom. The molecule has 2 aromatic rings. The number of carbonyl (C=O) groups excluding carboxylic acids is 2. The fourth-order valence-corrected chi connectivity index (χ4v) is 1.96. The van der Waals surface area contributed by atoms with Crippen molar-refractivity contribution in [3.8, 4) is 0 Å². The van der Waals surface area contributed by atoms with E-state index in [1.807, 2.05) is 24.3 Å². The molecule has 0 bridgehead atoms. The van der Waals surface area contributed by atoms with Gasteiger partial charge >= 0.3 is 0 Å². The Balaban J connectivity index is 1.92. The molecule has 2 rings (SSSR count). The van der Waals surface area contributed by atoms with Crippen LogP contribution in [0.5, 0.6) is 0 Å². The van der Waals surface area contributed by atoms with Crippen LogP contribution in [0.15, 0.2) is 47.1 Å². The first-order chi connectivity index (χ1) is 10.1. The third-order valence-corrected chi connectivity index (χ3v) is 3.01.